The highest BCUT2D eigenvalue weighted by molar-refractivity contribution is 8.00. The largest absolute Gasteiger partial charge is 0.302 e. The predicted molar refractivity (Wildman–Crippen MR) is 61.6 cm³/mol. The summed E-state index contributed by atoms with van der Waals surface area (Å²) >= 11 is 1.57. The van der Waals surface area contributed by atoms with Crippen LogP contribution in [-0.2, 0) is 4.79 Å². The van der Waals surface area contributed by atoms with E-state index in [-0.39, 0.29) is 5.25 Å². The van der Waals surface area contributed by atoms with Crippen LogP contribution in [0.1, 0.15) is 13.8 Å². The minimum absolute atomic E-state index is 0.0672. The Morgan fingerprint density at radius 1 is 1.29 bits per heavy atom. The molecule has 0 aliphatic heterocycles. The second kappa shape index (κ2) is 5.66. The highest BCUT2D eigenvalue weighted by Gasteiger charge is 2.04. The minimum atomic E-state index is -0.0672. The van der Waals surface area contributed by atoms with Crippen LogP contribution >= 0.6 is 11.8 Å². The quantitative estimate of drug-likeness (QED) is 0.427. The molecule has 14 heavy (non-hydrogen) atoms. The lowest BCUT2D eigenvalue weighted by Crippen LogP contribution is -1.99. The highest BCUT2D eigenvalue weighted by Crippen LogP contribution is 2.23. The number of carbonyl (C=O) groups is 1. The van der Waals surface area contributed by atoms with Gasteiger partial charge in [-0.25, -0.2) is 0 Å². The average Bonchev–Trinajstić information content (AvgIpc) is 2.17. The van der Waals surface area contributed by atoms with E-state index in [1.165, 1.54) is 5.57 Å². The first-order valence-electron chi connectivity index (χ1n) is 4.54. The molecule has 1 unspecified atom stereocenters. The van der Waals surface area contributed by atoms with Crippen molar-refractivity contribution >= 4 is 18.0 Å². The predicted octanol–water partition coefficient (Wildman–Crippen LogP) is 3.31. The van der Waals surface area contributed by atoms with Crippen LogP contribution in [0.25, 0.3) is 0 Å². The van der Waals surface area contributed by atoms with Crippen molar-refractivity contribution in [3.63, 3.8) is 0 Å². The van der Waals surface area contributed by atoms with E-state index in [2.05, 4.69) is 0 Å². The maximum absolute atomic E-state index is 10.8. The average molecular weight is 206 g/mol. The fourth-order valence-electron chi connectivity index (χ4n) is 1.09. The zero-order chi connectivity index (χ0) is 10.4. The van der Waals surface area contributed by atoms with Crippen molar-refractivity contribution in [2.45, 2.75) is 24.0 Å². The molecule has 0 aliphatic rings. The Labute approximate surface area is 89.2 Å². The summed E-state index contributed by atoms with van der Waals surface area (Å²) in [7, 11) is 0. The fourth-order valence-corrected chi connectivity index (χ4v) is 2.11. The van der Waals surface area contributed by atoms with E-state index in [0.29, 0.717) is 0 Å². The molecule has 1 aromatic rings. The molecule has 0 fully saturated rings. The van der Waals surface area contributed by atoms with E-state index < -0.39 is 0 Å². The van der Waals surface area contributed by atoms with Crippen LogP contribution in [0.2, 0.25) is 0 Å². The Balaban J connectivity index is 2.67. The van der Waals surface area contributed by atoms with Crippen molar-refractivity contribution in [1.29, 1.82) is 0 Å². The van der Waals surface area contributed by atoms with Crippen molar-refractivity contribution in [3.8, 4) is 0 Å². The third-order valence-corrected chi connectivity index (χ3v) is 2.71. The van der Waals surface area contributed by atoms with Gasteiger partial charge in [-0.1, -0.05) is 29.8 Å². The molecule has 0 bridgehead atoms. The van der Waals surface area contributed by atoms with Crippen molar-refractivity contribution < 1.29 is 4.79 Å². The Morgan fingerprint density at radius 3 is 2.43 bits per heavy atom. The molecular weight excluding hydrogens is 192 g/mol. The number of aldehydes is 1. The number of carbonyl (C=O) groups excluding carboxylic acids is 1. The van der Waals surface area contributed by atoms with Crippen LogP contribution in [-0.4, -0.2) is 11.5 Å². The van der Waals surface area contributed by atoms with Crippen molar-refractivity contribution in [2.75, 3.05) is 0 Å². The third kappa shape index (κ3) is 3.79. The van der Waals surface area contributed by atoms with Gasteiger partial charge in [-0.3, -0.25) is 0 Å². The van der Waals surface area contributed by atoms with Gasteiger partial charge in [0.1, 0.15) is 6.29 Å². The lowest BCUT2D eigenvalue weighted by molar-refractivity contribution is -0.106. The molecule has 0 aromatic heterocycles. The van der Waals surface area contributed by atoms with Crippen molar-refractivity contribution in [3.05, 3.63) is 42.0 Å². The van der Waals surface area contributed by atoms with Gasteiger partial charge in [-0.15, -0.1) is 11.8 Å². The maximum atomic E-state index is 10.8. The molecule has 1 nitrogen and oxygen atoms in total. The summed E-state index contributed by atoms with van der Waals surface area (Å²) in [5.74, 6) is 0. The highest BCUT2D eigenvalue weighted by atomic mass is 32.2. The lowest BCUT2D eigenvalue weighted by atomic mass is 10.3. The van der Waals surface area contributed by atoms with Gasteiger partial charge in [-0.05, 0) is 26.0 Å². The fraction of sp³-hybridized carbons (Fsp3) is 0.250. The topological polar surface area (TPSA) is 17.1 Å². The number of benzene rings is 1. The molecule has 0 radical (unpaired) electrons. The number of hydrogen-bond acceptors (Lipinski definition) is 2. The standard InChI is InChI=1S/C12H14OS/c1-10(2)8-12(9-13)14-11-6-4-3-5-7-11/h3-9,12H,1-2H3. The summed E-state index contributed by atoms with van der Waals surface area (Å²) in [6, 6.07) is 9.96. The molecule has 0 saturated heterocycles. The summed E-state index contributed by atoms with van der Waals surface area (Å²) in [5, 5.41) is -0.0672. The summed E-state index contributed by atoms with van der Waals surface area (Å²) in [4.78, 5) is 11.9. The molecule has 0 amide bonds. The minimum Gasteiger partial charge on any atom is -0.302 e. The third-order valence-electron chi connectivity index (χ3n) is 1.65. The summed E-state index contributed by atoms with van der Waals surface area (Å²) in [6.45, 7) is 4.00. The van der Waals surface area contributed by atoms with E-state index in [9.17, 15) is 4.79 Å². The van der Waals surface area contributed by atoms with Crippen LogP contribution in [0.5, 0.6) is 0 Å². The molecule has 1 rings (SSSR count). The number of hydrogen-bond donors (Lipinski definition) is 0. The Morgan fingerprint density at radius 2 is 1.93 bits per heavy atom. The first-order chi connectivity index (χ1) is 6.72. The molecule has 2 heteroatoms. The van der Waals surface area contributed by atoms with Gasteiger partial charge in [0.2, 0.25) is 0 Å². The lowest BCUT2D eigenvalue weighted by Gasteiger charge is -2.05. The van der Waals surface area contributed by atoms with Crippen LogP contribution < -0.4 is 0 Å². The summed E-state index contributed by atoms with van der Waals surface area (Å²) in [6.07, 6.45) is 2.95. The first-order valence-corrected chi connectivity index (χ1v) is 5.42. The summed E-state index contributed by atoms with van der Waals surface area (Å²) < 4.78 is 0. The van der Waals surface area contributed by atoms with E-state index in [1.807, 2.05) is 50.3 Å². The molecule has 0 N–H and O–H groups in total. The first kappa shape index (κ1) is 11.1. The second-order valence-corrected chi connectivity index (χ2v) is 4.53. The number of rotatable bonds is 4. The van der Waals surface area contributed by atoms with Crippen molar-refractivity contribution in [1.82, 2.24) is 0 Å². The molecule has 0 aliphatic carbocycles. The zero-order valence-corrected chi connectivity index (χ0v) is 9.25. The number of allylic oxidation sites excluding steroid dienone is 1. The Bertz CT molecular complexity index is 312. The normalized spacial score (nSPS) is 11.9. The van der Waals surface area contributed by atoms with E-state index in [0.717, 1.165) is 11.2 Å². The van der Waals surface area contributed by atoms with Gasteiger partial charge >= 0.3 is 0 Å². The van der Waals surface area contributed by atoms with Gasteiger partial charge in [-0.2, -0.15) is 0 Å². The van der Waals surface area contributed by atoms with E-state index in [4.69, 9.17) is 0 Å². The van der Waals surface area contributed by atoms with Crippen LogP contribution in [0.15, 0.2) is 46.9 Å². The van der Waals surface area contributed by atoms with Gasteiger partial charge in [0.15, 0.2) is 0 Å². The van der Waals surface area contributed by atoms with Gasteiger partial charge in [0.05, 0.1) is 5.25 Å². The smallest absolute Gasteiger partial charge is 0.137 e. The van der Waals surface area contributed by atoms with Gasteiger partial charge in [0, 0.05) is 4.90 Å². The van der Waals surface area contributed by atoms with Gasteiger partial charge in [0.25, 0.3) is 0 Å². The van der Waals surface area contributed by atoms with E-state index >= 15 is 0 Å². The molecule has 74 valence electrons. The Hall–Kier alpha value is -1.02. The molecular formula is C12H14OS. The zero-order valence-electron chi connectivity index (χ0n) is 8.44. The van der Waals surface area contributed by atoms with Crippen molar-refractivity contribution in [2.24, 2.45) is 0 Å². The SMILES string of the molecule is CC(C)=CC(C=O)Sc1ccccc1. The Kier molecular flexibility index (Phi) is 4.47. The number of thioether (sulfide) groups is 1. The maximum Gasteiger partial charge on any atom is 0.137 e. The molecule has 0 spiro atoms. The second-order valence-electron chi connectivity index (χ2n) is 3.28. The van der Waals surface area contributed by atoms with Crippen LogP contribution in [0, 0.1) is 0 Å². The molecule has 1 aromatic carbocycles. The van der Waals surface area contributed by atoms with Crippen LogP contribution in [0.4, 0.5) is 0 Å². The molecule has 0 heterocycles. The van der Waals surface area contributed by atoms with Crippen LogP contribution in [0.3, 0.4) is 0 Å². The molecule has 0 saturated carbocycles. The monoisotopic (exact) mass is 206 g/mol. The summed E-state index contributed by atoms with van der Waals surface area (Å²) in [5.41, 5.74) is 1.17. The van der Waals surface area contributed by atoms with Gasteiger partial charge < -0.3 is 4.79 Å². The van der Waals surface area contributed by atoms with E-state index in [1.54, 1.807) is 11.8 Å². The molecule has 1 atom stereocenters.